The number of benzene rings is 2. The Morgan fingerprint density at radius 2 is 1.44 bits per heavy atom. The molecule has 2 aromatic rings. The molecule has 0 aromatic heterocycles. The van der Waals surface area contributed by atoms with Crippen LogP contribution in [0, 0.1) is 0 Å². The van der Waals surface area contributed by atoms with Crippen molar-refractivity contribution in [3.63, 3.8) is 0 Å². The van der Waals surface area contributed by atoms with Gasteiger partial charge >= 0.3 is 12.0 Å². The molecule has 0 aliphatic carbocycles. The van der Waals surface area contributed by atoms with Gasteiger partial charge in [-0.15, -0.1) is 0 Å². The summed E-state index contributed by atoms with van der Waals surface area (Å²) in [6, 6.07) is 11.8. The molecule has 0 radical (unpaired) electrons. The summed E-state index contributed by atoms with van der Waals surface area (Å²) in [5, 5.41) is 15.3. The molecule has 0 spiro atoms. The number of hydrogen-bond donors (Lipinski definition) is 4. The third-order valence-corrected chi connectivity index (χ3v) is 4.01. The summed E-state index contributed by atoms with van der Waals surface area (Å²) in [4.78, 5) is 60.4. The van der Waals surface area contributed by atoms with Gasteiger partial charge in [-0.3, -0.25) is 25.0 Å². The van der Waals surface area contributed by atoms with Gasteiger partial charge < -0.3 is 10.4 Å². The molecular formula is C18H13N3O6. The number of nitrogens with one attached hydrogen (secondary N) is 3. The first kappa shape index (κ1) is 17.8. The third-order valence-electron chi connectivity index (χ3n) is 4.01. The molecule has 4 N–H and O–H groups in total. The summed E-state index contributed by atoms with van der Waals surface area (Å²) in [6.07, 6.45) is 0. The molecule has 2 aromatic carbocycles. The van der Waals surface area contributed by atoms with Gasteiger partial charge in [0.2, 0.25) is 5.54 Å². The quantitative estimate of drug-likeness (QED) is 0.576. The van der Waals surface area contributed by atoms with Crippen LogP contribution in [-0.4, -0.2) is 34.8 Å². The topological polar surface area (TPSA) is 142 Å². The van der Waals surface area contributed by atoms with Gasteiger partial charge in [-0.25, -0.2) is 9.59 Å². The van der Waals surface area contributed by atoms with Gasteiger partial charge in [0.05, 0.1) is 5.56 Å². The average molecular weight is 367 g/mol. The van der Waals surface area contributed by atoms with E-state index in [0.717, 1.165) is 6.07 Å². The zero-order valence-electron chi connectivity index (χ0n) is 13.7. The predicted octanol–water partition coefficient (Wildman–Crippen LogP) is 0.376. The summed E-state index contributed by atoms with van der Waals surface area (Å²) in [5.74, 6) is -4.14. The van der Waals surface area contributed by atoms with Crippen LogP contribution in [0.15, 0.2) is 54.6 Å². The van der Waals surface area contributed by atoms with Crippen molar-refractivity contribution in [2.45, 2.75) is 5.54 Å². The molecule has 27 heavy (non-hydrogen) atoms. The van der Waals surface area contributed by atoms with Gasteiger partial charge in [0, 0.05) is 5.56 Å². The number of imide groups is 2. The number of carboxylic acids is 1. The van der Waals surface area contributed by atoms with E-state index in [1.165, 1.54) is 30.3 Å². The number of carbonyl (C=O) groups excluding carboxylic acids is 4. The number of hydrogen-bond acceptors (Lipinski definition) is 5. The molecular weight excluding hydrogens is 354 g/mol. The van der Waals surface area contributed by atoms with Crippen LogP contribution in [0.25, 0.3) is 0 Å². The lowest BCUT2D eigenvalue weighted by Gasteiger charge is -2.34. The second kappa shape index (κ2) is 6.71. The molecule has 1 saturated heterocycles. The van der Waals surface area contributed by atoms with E-state index in [4.69, 9.17) is 5.11 Å². The molecule has 0 unspecified atom stereocenters. The number of aromatic carboxylic acids is 1. The molecule has 1 aliphatic heterocycles. The first-order valence-corrected chi connectivity index (χ1v) is 7.73. The number of barbiturate groups is 1. The van der Waals surface area contributed by atoms with E-state index < -0.39 is 35.3 Å². The van der Waals surface area contributed by atoms with Crippen molar-refractivity contribution in [2.75, 3.05) is 0 Å². The maximum atomic E-state index is 12.7. The largest absolute Gasteiger partial charge is 0.478 e. The minimum atomic E-state index is -2.19. The molecule has 9 heteroatoms. The first-order valence-electron chi connectivity index (χ1n) is 7.73. The van der Waals surface area contributed by atoms with Crippen LogP contribution >= 0.6 is 0 Å². The second-order valence-electron chi connectivity index (χ2n) is 5.69. The molecule has 0 saturated carbocycles. The van der Waals surface area contributed by atoms with E-state index in [-0.39, 0.29) is 16.7 Å². The number of rotatable bonds is 4. The van der Waals surface area contributed by atoms with Crippen molar-refractivity contribution in [2.24, 2.45) is 0 Å². The molecule has 3 rings (SSSR count). The lowest BCUT2D eigenvalue weighted by atomic mass is 9.86. The van der Waals surface area contributed by atoms with E-state index in [2.05, 4.69) is 5.32 Å². The zero-order valence-corrected chi connectivity index (χ0v) is 13.7. The SMILES string of the molecule is O=C1NC(=O)C(NC(=O)c2cccc(C(=O)O)c2)(c2ccccc2)C(=O)N1. The van der Waals surface area contributed by atoms with Crippen molar-refractivity contribution >= 4 is 29.7 Å². The van der Waals surface area contributed by atoms with Crippen LogP contribution in [-0.2, 0) is 15.1 Å². The van der Waals surface area contributed by atoms with E-state index in [1.807, 2.05) is 10.6 Å². The summed E-state index contributed by atoms with van der Waals surface area (Å²) in [6.45, 7) is 0. The summed E-state index contributed by atoms with van der Waals surface area (Å²) in [5.41, 5.74) is -2.26. The number of amides is 5. The second-order valence-corrected chi connectivity index (χ2v) is 5.69. The van der Waals surface area contributed by atoms with Crippen molar-refractivity contribution in [1.82, 2.24) is 16.0 Å². The Labute approximate surface area is 152 Å². The Hall–Kier alpha value is -4.01. The fraction of sp³-hybridized carbons (Fsp3) is 0.0556. The number of carboxylic acid groups (broad SMARTS) is 1. The van der Waals surface area contributed by atoms with Gasteiger partial charge in [-0.05, 0) is 23.8 Å². The third kappa shape index (κ3) is 3.13. The van der Waals surface area contributed by atoms with Crippen LogP contribution in [0.3, 0.4) is 0 Å². The van der Waals surface area contributed by atoms with Crippen LogP contribution in [0.1, 0.15) is 26.3 Å². The van der Waals surface area contributed by atoms with Crippen LogP contribution in [0.4, 0.5) is 4.79 Å². The molecule has 1 fully saturated rings. The van der Waals surface area contributed by atoms with Gasteiger partial charge in [0.25, 0.3) is 17.7 Å². The number of urea groups is 1. The number of carbonyl (C=O) groups is 5. The first-order chi connectivity index (χ1) is 12.8. The summed E-state index contributed by atoms with van der Waals surface area (Å²) in [7, 11) is 0. The standard InChI is InChI=1S/C18H13N3O6/c22-13(10-5-4-6-11(9-10)14(23)24)21-18(12-7-2-1-3-8-12)15(25)19-17(27)20-16(18)26/h1-9H,(H,21,22)(H,23,24)(H2,19,20,25,26,27). The van der Waals surface area contributed by atoms with Crippen LogP contribution < -0.4 is 16.0 Å². The lowest BCUT2D eigenvalue weighted by molar-refractivity contribution is -0.139. The Bertz CT molecular complexity index is 950. The highest BCUT2D eigenvalue weighted by Crippen LogP contribution is 2.25. The summed E-state index contributed by atoms with van der Waals surface area (Å²) >= 11 is 0. The molecule has 0 atom stereocenters. The molecule has 1 aliphatic rings. The Morgan fingerprint density at radius 3 is 2.04 bits per heavy atom. The highest BCUT2D eigenvalue weighted by Gasteiger charge is 2.53. The highest BCUT2D eigenvalue weighted by molar-refractivity contribution is 6.24. The van der Waals surface area contributed by atoms with Gasteiger partial charge in [-0.2, -0.15) is 0 Å². The lowest BCUT2D eigenvalue weighted by Crippen LogP contribution is -2.71. The maximum Gasteiger partial charge on any atom is 0.335 e. The van der Waals surface area contributed by atoms with Crippen molar-refractivity contribution in [1.29, 1.82) is 0 Å². The van der Waals surface area contributed by atoms with Crippen LogP contribution in [0.2, 0.25) is 0 Å². The van der Waals surface area contributed by atoms with Crippen molar-refractivity contribution in [3.8, 4) is 0 Å². The molecule has 5 amide bonds. The Kier molecular flexibility index (Phi) is 4.43. The van der Waals surface area contributed by atoms with Crippen molar-refractivity contribution in [3.05, 3.63) is 71.3 Å². The summed E-state index contributed by atoms with van der Waals surface area (Å²) < 4.78 is 0. The van der Waals surface area contributed by atoms with Crippen LogP contribution in [0.5, 0.6) is 0 Å². The monoisotopic (exact) mass is 367 g/mol. The van der Waals surface area contributed by atoms with Gasteiger partial charge in [0.15, 0.2) is 0 Å². The highest BCUT2D eigenvalue weighted by atomic mass is 16.4. The molecule has 9 nitrogen and oxygen atoms in total. The minimum absolute atomic E-state index is 0.0669. The fourth-order valence-corrected chi connectivity index (χ4v) is 2.70. The van der Waals surface area contributed by atoms with E-state index in [9.17, 15) is 24.0 Å². The Morgan fingerprint density at radius 1 is 0.852 bits per heavy atom. The van der Waals surface area contributed by atoms with Gasteiger partial charge in [-0.1, -0.05) is 36.4 Å². The van der Waals surface area contributed by atoms with E-state index in [1.54, 1.807) is 18.2 Å². The predicted molar refractivity (Wildman–Crippen MR) is 90.7 cm³/mol. The molecule has 136 valence electrons. The van der Waals surface area contributed by atoms with Gasteiger partial charge in [0.1, 0.15) is 0 Å². The van der Waals surface area contributed by atoms with E-state index >= 15 is 0 Å². The van der Waals surface area contributed by atoms with Crippen molar-refractivity contribution < 1.29 is 29.1 Å². The van der Waals surface area contributed by atoms with E-state index in [0.29, 0.717) is 0 Å². The zero-order chi connectivity index (χ0) is 19.6. The smallest absolute Gasteiger partial charge is 0.335 e. The minimum Gasteiger partial charge on any atom is -0.478 e. The Balaban J connectivity index is 2.05. The fourth-order valence-electron chi connectivity index (χ4n) is 2.70. The average Bonchev–Trinajstić information content (AvgIpc) is 2.65. The molecule has 0 bridgehead atoms. The molecule has 1 heterocycles. The normalized spacial score (nSPS) is 15.5. The maximum absolute atomic E-state index is 12.7.